The molecular weight excluding hydrogens is 271 g/mol. The van der Waals surface area contributed by atoms with Crippen molar-refractivity contribution in [2.45, 2.75) is 92.5 Å². The van der Waals surface area contributed by atoms with Crippen molar-refractivity contribution in [3.8, 4) is 0 Å². The highest BCUT2D eigenvalue weighted by Gasteiger charge is 2.35. The summed E-state index contributed by atoms with van der Waals surface area (Å²) in [7, 11) is -3.04. The Morgan fingerprint density at radius 3 is 1.40 bits per heavy atom. The molecule has 0 aromatic carbocycles. The van der Waals surface area contributed by atoms with Gasteiger partial charge in [0.05, 0.1) is 17.9 Å². The highest BCUT2D eigenvalue weighted by Crippen LogP contribution is 2.56. The van der Waals surface area contributed by atoms with E-state index in [1.807, 2.05) is 27.7 Å². The summed E-state index contributed by atoms with van der Waals surface area (Å²) in [6.07, 6.45) is 2.56. The maximum atomic E-state index is 13.1. The van der Waals surface area contributed by atoms with Crippen molar-refractivity contribution in [1.82, 2.24) is 0 Å². The SMILES string of the molecule is CC[C@@H](C)P(=O)(O[C@@H](C)CC(C)C)O[C@@H](C)CC(C)C. The predicted octanol–water partition coefficient (Wildman–Crippen LogP) is 5.88. The van der Waals surface area contributed by atoms with Crippen molar-refractivity contribution in [2.75, 3.05) is 0 Å². The van der Waals surface area contributed by atoms with E-state index >= 15 is 0 Å². The van der Waals surface area contributed by atoms with Crippen LogP contribution in [0.1, 0.15) is 74.7 Å². The van der Waals surface area contributed by atoms with Crippen molar-refractivity contribution < 1.29 is 13.6 Å². The van der Waals surface area contributed by atoms with Crippen LogP contribution in [-0.2, 0) is 13.6 Å². The molecule has 0 heterocycles. The molecule has 3 atom stereocenters. The lowest BCUT2D eigenvalue weighted by Crippen LogP contribution is -2.20. The number of hydrogen-bond donors (Lipinski definition) is 0. The molecule has 20 heavy (non-hydrogen) atoms. The smallest absolute Gasteiger partial charge is 0.305 e. The molecule has 0 fully saturated rings. The molecule has 0 amide bonds. The molecule has 122 valence electrons. The van der Waals surface area contributed by atoms with E-state index in [-0.39, 0.29) is 17.9 Å². The molecule has 4 heteroatoms. The van der Waals surface area contributed by atoms with Crippen molar-refractivity contribution in [2.24, 2.45) is 11.8 Å². The van der Waals surface area contributed by atoms with E-state index in [9.17, 15) is 4.57 Å². The van der Waals surface area contributed by atoms with Gasteiger partial charge in [-0.15, -0.1) is 0 Å². The van der Waals surface area contributed by atoms with Gasteiger partial charge in [0.1, 0.15) is 0 Å². The van der Waals surface area contributed by atoms with Crippen LogP contribution < -0.4 is 0 Å². The van der Waals surface area contributed by atoms with Gasteiger partial charge in [-0.2, -0.15) is 0 Å². The minimum absolute atomic E-state index is 0.0268. The maximum absolute atomic E-state index is 13.1. The predicted molar refractivity (Wildman–Crippen MR) is 87.4 cm³/mol. The van der Waals surface area contributed by atoms with E-state index in [0.29, 0.717) is 11.8 Å². The van der Waals surface area contributed by atoms with Crippen LogP contribution in [0.4, 0.5) is 0 Å². The van der Waals surface area contributed by atoms with Gasteiger partial charge in [-0.1, -0.05) is 41.5 Å². The van der Waals surface area contributed by atoms with Gasteiger partial charge in [-0.3, -0.25) is 4.57 Å². The molecular formula is C16H35O3P. The molecule has 0 radical (unpaired) electrons. The molecule has 0 aliphatic carbocycles. The summed E-state index contributed by atoms with van der Waals surface area (Å²) in [5, 5.41) is 0. The van der Waals surface area contributed by atoms with Crippen LogP contribution in [0.25, 0.3) is 0 Å². The Morgan fingerprint density at radius 2 is 1.15 bits per heavy atom. The standard InChI is InChI=1S/C16H35O3P/c1-9-16(8)20(17,18-14(6)10-12(2)3)19-15(7)11-13(4)5/h12-16H,9-11H2,1-8H3/t14-,15-,16+/m0/s1. The Balaban J connectivity index is 4.79. The molecule has 0 unspecified atom stereocenters. The lowest BCUT2D eigenvalue weighted by Gasteiger charge is -2.30. The zero-order valence-electron chi connectivity index (χ0n) is 14.7. The lowest BCUT2D eigenvalue weighted by molar-refractivity contribution is 0.104. The van der Waals surface area contributed by atoms with Crippen molar-refractivity contribution in [1.29, 1.82) is 0 Å². The first-order chi connectivity index (χ1) is 9.10. The molecule has 0 rings (SSSR count). The average molecular weight is 306 g/mol. The lowest BCUT2D eigenvalue weighted by atomic mass is 10.1. The first-order valence-electron chi connectivity index (χ1n) is 8.07. The van der Waals surface area contributed by atoms with Gasteiger partial charge in [0.25, 0.3) is 0 Å². The Kier molecular flexibility index (Phi) is 9.29. The van der Waals surface area contributed by atoms with E-state index in [1.54, 1.807) is 0 Å². The molecule has 0 spiro atoms. The fourth-order valence-electron chi connectivity index (χ4n) is 2.37. The number of rotatable bonds is 10. The largest absolute Gasteiger partial charge is 0.333 e. The Morgan fingerprint density at radius 1 is 0.800 bits per heavy atom. The molecule has 0 saturated heterocycles. The third kappa shape index (κ3) is 7.81. The van der Waals surface area contributed by atoms with Gasteiger partial charge in [-0.25, -0.2) is 0 Å². The average Bonchev–Trinajstić information content (AvgIpc) is 2.24. The van der Waals surface area contributed by atoms with Crippen molar-refractivity contribution >= 4 is 7.60 Å². The maximum Gasteiger partial charge on any atom is 0.333 e. The van der Waals surface area contributed by atoms with E-state index < -0.39 is 7.60 Å². The molecule has 0 aliphatic rings. The molecule has 0 aromatic heterocycles. The first kappa shape index (κ1) is 20.1. The van der Waals surface area contributed by atoms with Crippen LogP contribution >= 0.6 is 7.60 Å². The monoisotopic (exact) mass is 306 g/mol. The molecule has 0 N–H and O–H groups in total. The van der Waals surface area contributed by atoms with E-state index in [1.165, 1.54) is 0 Å². The highest BCUT2D eigenvalue weighted by atomic mass is 31.2. The van der Waals surface area contributed by atoms with E-state index in [2.05, 4.69) is 27.7 Å². The minimum atomic E-state index is -3.04. The summed E-state index contributed by atoms with van der Waals surface area (Å²) >= 11 is 0. The zero-order chi connectivity index (χ0) is 15.9. The van der Waals surface area contributed by atoms with E-state index in [4.69, 9.17) is 9.05 Å². The quantitative estimate of drug-likeness (QED) is 0.473. The summed E-state index contributed by atoms with van der Waals surface area (Å²) in [5.41, 5.74) is -0.0493. The van der Waals surface area contributed by atoms with Gasteiger partial charge in [0.2, 0.25) is 0 Å². The van der Waals surface area contributed by atoms with E-state index in [0.717, 1.165) is 19.3 Å². The summed E-state index contributed by atoms with van der Waals surface area (Å²) in [6, 6.07) is 0. The second-order valence-electron chi connectivity index (χ2n) is 6.89. The fraction of sp³-hybridized carbons (Fsp3) is 1.00. The molecule has 3 nitrogen and oxygen atoms in total. The second-order valence-corrected chi connectivity index (χ2v) is 9.27. The van der Waals surface area contributed by atoms with Crippen LogP contribution in [0.5, 0.6) is 0 Å². The number of hydrogen-bond acceptors (Lipinski definition) is 3. The van der Waals surface area contributed by atoms with Crippen LogP contribution in [0.3, 0.4) is 0 Å². The Labute approximate surface area is 126 Å². The van der Waals surface area contributed by atoms with Gasteiger partial charge >= 0.3 is 7.60 Å². The fourth-order valence-corrected chi connectivity index (χ4v) is 4.46. The van der Waals surface area contributed by atoms with Gasteiger partial charge in [0, 0.05) is 0 Å². The summed E-state index contributed by atoms with van der Waals surface area (Å²) < 4.78 is 24.9. The van der Waals surface area contributed by atoms with Gasteiger partial charge < -0.3 is 9.05 Å². The second kappa shape index (κ2) is 9.23. The molecule has 0 bridgehead atoms. The van der Waals surface area contributed by atoms with Crippen molar-refractivity contribution in [3.05, 3.63) is 0 Å². The minimum Gasteiger partial charge on any atom is -0.305 e. The molecule has 0 aliphatic heterocycles. The summed E-state index contributed by atoms with van der Waals surface area (Å²) in [5.74, 6) is 1.06. The summed E-state index contributed by atoms with van der Waals surface area (Å²) in [6.45, 7) is 16.6. The highest BCUT2D eigenvalue weighted by molar-refractivity contribution is 7.54. The Bertz CT molecular complexity index is 280. The topological polar surface area (TPSA) is 35.5 Å². The normalized spacial score (nSPS) is 17.5. The summed E-state index contributed by atoms with van der Waals surface area (Å²) in [4.78, 5) is 0. The van der Waals surface area contributed by atoms with Crippen LogP contribution in [0.2, 0.25) is 0 Å². The van der Waals surface area contributed by atoms with Gasteiger partial charge in [-0.05, 0) is 44.9 Å². The van der Waals surface area contributed by atoms with Crippen LogP contribution in [-0.4, -0.2) is 17.9 Å². The van der Waals surface area contributed by atoms with Crippen LogP contribution in [0, 0.1) is 11.8 Å². The third-order valence-corrected chi connectivity index (χ3v) is 6.14. The van der Waals surface area contributed by atoms with Crippen molar-refractivity contribution in [3.63, 3.8) is 0 Å². The zero-order valence-corrected chi connectivity index (χ0v) is 15.6. The molecule has 0 aromatic rings. The van der Waals surface area contributed by atoms with Crippen LogP contribution in [0.15, 0.2) is 0 Å². The third-order valence-electron chi connectivity index (χ3n) is 3.39. The first-order valence-corrected chi connectivity index (χ1v) is 9.68. The molecule has 0 saturated carbocycles. The van der Waals surface area contributed by atoms with Gasteiger partial charge in [0.15, 0.2) is 0 Å². The Hall–Kier alpha value is 0.150.